The molecule has 0 atom stereocenters. The molecule has 1 aliphatic rings. The topological polar surface area (TPSA) is 140 Å². The number of aromatic nitrogens is 2. The van der Waals surface area contributed by atoms with Gasteiger partial charge in [0.15, 0.2) is 18.2 Å². The van der Waals surface area contributed by atoms with Crippen molar-refractivity contribution >= 4 is 44.8 Å². The Kier molecular flexibility index (Phi) is 5.17. The third-order valence-corrected chi connectivity index (χ3v) is 5.38. The molecule has 0 aliphatic carbocycles. The standard InChI is InChI=1S/C19H17FN6O4S/c1-26-15-8-12(5-6-16(15)30-10-17(26)27)23-18-14(20)9-22-19(25-18)24-11-3-2-4-13(7-11)31(21,28)29/h2-9H,10H2,1H3,(H2,21,28,29)(H2,22,23,24,25). The fourth-order valence-corrected chi connectivity index (χ4v) is 3.44. The van der Waals surface area contributed by atoms with Gasteiger partial charge in [0.25, 0.3) is 5.91 Å². The molecule has 0 bridgehead atoms. The normalized spacial score (nSPS) is 13.4. The zero-order valence-electron chi connectivity index (χ0n) is 16.2. The first-order valence-corrected chi connectivity index (χ1v) is 10.5. The second kappa shape index (κ2) is 7.81. The Morgan fingerprint density at radius 2 is 1.94 bits per heavy atom. The summed E-state index contributed by atoms with van der Waals surface area (Å²) in [4.78, 5) is 21.2. The molecule has 3 aromatic rings. The van der Waals surface area contributed by atoms with Crippen molar-refractivity contribution in [2.45, 2.75) is 4.90 Å². The van der Waals surface area contributed by atoms with Gasteiger partial charge in [0, 0.05) is 18.4 Å². The van der Waals surface area contributed by atoms with Gasteiger partial charge >= 0.3 is 0 Å². The number of likely N-dealkylation sites (N-methyl/N-ethyl adjacent to an activating group) is 1. The molecule has 1 aliphatic heterocycles. The molecule has 0 spiro atoms. The van der Waals surface area contributed by atoms with E-state index in [9.17, 15) is 17.6 Å². The molecule has 10 nitrogen and oxygen atoms in total. The van der Waals surface area contributed by atoms with Crippen molar-refractivity contribution in [1.29, 1.82) is 0 Å². The minimum absolute atomic E-state index is 0.0315. The summed E-state index contributed by atoms with van der Waals surface area (Å²) >= 11 is 0. The number of sulfonamides is 1. The van der Waals surface area contributed by atoms with Gasteiger partial charge in [-0.2, -0.15) is 4.98 Å². The molecule has 2 heterocycles. The molecule has 4 N–H and O–H groups in total. The van der Waals surface area contributed by atoms with Crippen LogP contribution in [-0.4, -0.2) is 37.9 Å². The van der Waals surface area contributed by atoms with Crippen LogP contribution in [0.1, 0.15) is 0 Å². The van der Waals surface area contributed by atoms with E-state index < -0.39 is 15.8 Å². The summed E-state index contributed by atoms with van der Waals surface area (Å²) in [5.74, 6) is -0.462. The van der Waals surface area contributed by atoms with E-state index in [0.717, 1.165) is 6.20 Å². The molecular weight excluding hydrogens is 427 g/mol. The van der Waals surface area contributed by atoms with Crippen molar-refractivity contribution in [3.63, 3.8) is 0 Å². The maximum Gasteiger partial charge on any atom is 0.264 e. The SMILES string of the molecule is CN1C(=O)COc2ccc(Nc3nc(Nc4cccc(S(N)(=O)=O)c4)ncc3F)cc21. The van der Waals surface area contributed by atoms with Crippen molar-refractivity contribution < 1.29 is 22.3 Å². The molecule has 0 fully saturated rings. The number of benzene rings is 2. The number of nitrogens with one attached hydrogen (secondary N) is 2. The summed E-state index contributed by atoms with van der Waals surface area (Å²) in [6.45, 7) is -0.0432. The number of amides is 1. The molecule has 160 valence electrons. The molecule has 1 aromatic heterocycles. The van der Waals surface area contributed by atoms with Gasteiger partial charge in [0.05, 0.1) is 16.8 Å². The summed E-state index contributed by atoms with van der Waals surface area (Å²) in [5, 5.41) is 10.8. The molecule has 0 saturated heterocycles. The van der Waals surface area contributed by atoms with Crippen LogP contribution in [0.3, 0.4) is 0 Å². The third-order valence-electron chi connectivity index (χ3n) is 4.47. The molecule has 2 aromatic carbocycles. The summed E-state index contributed by atoms with van der Waals surface area (Å²) in [7, 11) is -2.26. The highest BCUT2D eigenvalue weighted by molar-refractivity contribution is 7.89. The lowest BCUT2D eigenvalue weighted by atomic mass is 10.2. The molecule has 0 unspecified atom stereocenters. The van der Waals surface area contributed by atoms with Crippen molar-refractivity contribution in [3.8, 4) is 5.75 Å². The van der Waals surface area contributed by atoms with E-state index in [1.807, 2.05) is 0 Å². The highest BCUT2D eigenvalue weighted by Gasteiger charge is 2.22. The second-order valence-electron chi connectivity index (χ2n) is 6.64. The van der Waals surface area contributed by atoms with E-state index in [1.165, 1.54) is 23.1 Å². The number of halogens is 1. The van der Waals surface area contributed by atoms with Gasteiger partial charge in [0.2, 0.25) is 16.0 Å². The minimum Gasteiger partial charge on any atom is -0.482 e. The van der Waals surface area contributed by atoms with Crippen LogP contribution in [0.25, 0.3) is 0 Å². The second-order valence-corrected chi connectivity index (χ2v) is 8.20. The summed E-state index contributed by atoms with van der Waals surface area (Å²) in [6.07, 6.45) is 0.971. The van der Waals surface area contributed by atoms with Crippen LogP contribution in [0.4, 0.5) is 33.2 Å². The van der Waals surface area contributed by atoms with Gasteiger partial charge in [-0.1, -0.05) is 6.07 Å². The number of nitrogens with zero attached hydrogens (tertiary/aromatic N) is 3. The fraction of sp³-hybridized carbons (Fsp3) is 0.105. The quantitative estimate of drug-likeness (QED) is 0.544. The lowest BCUT2D eigenvalue weighted by Crippen LogP contribution is -2.35. The highest BCUT2D eigenvalue weighted by atomic mass is 32.2. The Labute approximate surface area is 176 Å². The number of nitrogens with two attached hydrogens (primary N) is 1. The van der Waals surface area contributed by atoms with Crippen molar-refractivity contribution in [2.24, 2.45) is 5.14 Å². The lowest BCUT2D eigenvalue weighted by Gasteiger charge is -2.26. The van der Waals surface area contributed by atoms with E-state index >= 15 is 0 Å². The van der Waals surface area contributed by atoms with Gasteiger partial charge in [-0.25, -0.2) is 22.9 Å². The van der Waals surface area contributed by atoms with Gasteiger partial charge in [-0.05, 0) is 36.4 Å². The average Bonchev–Trinajstić information content (AvgIpc) is 2.73. The van der Waals surface area contributed by atoms with E-state index in [-0.39, 0.29) is 29.2 Å². The van der Waals surface area contributed by atoms with Gasteiger partial charge in [-0.3, -0.25) is 4.79 Å². The zero-order chi connectivity index (χ0) is 22.2. The minimum atomic E-state index is -3.88. The molecule has 4 rings (SSSR count). The van der Waals surface area contributed by atoms with Crippen LogP contribution in [0.2, 0.25) is 0 Å². The van der Waals surface area contributed by atoms with Crippen molar-refractivity contribution in [2.75, 3.05) is 29.2 Å². The van der Waals surface area contributed by atoms with Crippen LogP contribution < -0.4 is 25.4 Å². The van der Waals surface area contributed by atoms with E-state index in [1.54, 1.807) is 31.3 Å². The lowest BCUT2D eigenvalue weighted by molar-refractivity contribution is -0.120. The van der Waals surface area contributed by atoms with E-state index in [0.29, 0.717) is 22.8 Å². The predicted octanol–water partition coefficient (Wildman–Crippen LogP) is 2.11. The Morgan fingerprint density at radius 3 is 2.71 bits per heavy atom. The number of anilines is 5. The Bertz CT molecular complexity index is 1280. The molecule has 0 radical (unpaired) electrons. The molecule has 31 heavy (non-hydrogen) atoms. The van der Waals surface area contributed by atoms with Gasteiger partial charge < -0.3 is 20.3 Å². The number of primary sulfonamides is 1. The van der Waals surface area contributed by atoms with Crippen molar-refractivity contribution in [1.82, 2.24) is 9.97 Å². The Balaban J connectivity index is 1.59. The van der Waals surface area contributed by atoms with Crippen LogP contribution in [0, 0.1) is 5.82 Å². The van der Waals surface area contributed by atoms with Gasteiger partial charge in [0.1, 0.15) is 5.75 Å². The first kappa shape index (κ1) is 20.5. The van der Waals surface area contributed by atoms with E-state index in [4.69, 9.17) is 9.88 Å². The molecular formula is C19H17FN6O4S. The van der Waals surface area contributed by atoms with Crippen LogP contribution in [0.15, 0.2) is 53.6 Å². The number of rotatable bonds is 5. The number of hydrogen-bond acceptors (Lipinski definition) is 8. The Hall–Kier alpha value is -3.77. The molecule has 0 saturated carbocycles. The van der Waals surface area contributed by atoms with E-state index in [2.05, 4.69) is 20.6 Å². The number of ether oxygens (including phenoxy) is 1. The first-order chi connectivity index (χ1) is 14.7. The van der Waals surface area contributed by atoms with Crippen LogP contribution in [-0.2, 0) is 14.8 Å². The Morgan fingerprint density at radius 1 is 1.16 bits per heavy atom. The van der Waals surface area contributed by atoms with Crippen LogP contribution >= 0.6 is 0 Å². The first-order valence-electron chi connectivity index (χ1n) is 8.93. The zero-order valence-corrected chi connectivity index (χ0v) is 17.0. The monoisotopic (exact) mass is 444 g/mol. The summed E-state index contributed by atoms with van der Waals surface area (Å²) in [6, 6.07) is 10.7. The highest BCUT2D eigenvalue weighted by Crippen LogP contribution is 2.34. The summed E-state index contributed by atoms with van der Waals surface area (Å²) in [5.41, 5.74) is 1.37. The smallest absolute Gasteiger partial charge is 0.264 e. The molecule has 1 amide bonds. The number of hydrogen-bond donors (Lipinski definition) is 3. The fourth-order valence-electron chi connectivity index (χ4n) is 2.88. The number of carbonyl (C=O) groups is 1. The van der Waals surface area contributed by atoms with Crippen molar-refractivity contribution in [3.05, 3.63) is 54.5 Å². The number of carbonyl (C=O) groups excluding carboxylic acids is 1. The predicted molar refractivity (Wildman–Crippen MR) is 112 cm³/mol. The van der Waals surface area contributed by atoms with Gasteiger partial charge in [-0.15, -0.1) is 0 Å². The summed E-state index contributed by atoms with van der Waals surface area (Å²) < 4.78 is 42.7. The number of fused-ring (bicyclic) bond motifs is 1. The largest absolute Gasteiger partial charge is 0.482 e. The maximum absolute atomic E-state index is 14.3. The third kappa shape index (κ3) is 4.39. The average molecular weight is 444 g/mol. The maximum atomic E-state index is 14.3. The molecule has 12 heteroatoms. The van der Waals surface area contributed by atoms with Crippen LogP contribution in [0.5, 0.6) is 5.75 Å².